The summed E-state index contributed by atoms with van der Waals surface area (Å²) in [6, 6.07) is 1.21. The van der Waals surface area contributed by atoms with Crippen LogP contribution in [0, 0.1) is 0 Å². The van der Waals surface area contributed by atoms with Crippen molar-refractivity contribution in [1.82, 2.24) is 10.2 Å². The Morgan fingerprint density at radius 1 is 1.39 bits per heavy atom. The van der Waals surface area contributed by atoms with E-state index in [0.717, 1.165) is 19.6 Å². The largest absolute Gasteiger partial charge is 0.382 e. The summed E-state index contributed by atoms with van der Waals surface area (Å²) in [7, 11) is 3.95. The molecular formula is C14H30N2O2. The summed E-state index contributed by atoms with van der Waals surface area (Å²) < 4.78 is 11.1. The third kappa shape index (κ3) is 6.14. The van der Waals surface area contributed by atoms with E-state index in [1.165, 1.54) is 19.4 Å². The van der Waals surface area contributed by atoms with Gasteiger partial charge in [-0.05, 0) is 32.9 Å². The van der Waals surface area contributed by atoms with Crippen molar-refractivity contribution in [1.29, 1.82) is 0 Å². The molecule has 0 spiro atoms. The molecule has 0 aromatic heterocycles. The molecule has 2 atom stereocenters. The summed E-state index contributed by atoms with van der Waals surface area (Å²) in [6.45, 7) is 7.91. The lowest BCUT2D eigenvalue weighted by Crippen LogP contribution is -2.37. The zero-order valence-corrected chi connectivity index (χ0v) is 12.4. The van der Waals surface area contributed by atoms with Gasteiger partial charge in [0.25, 0.3) is 0 Å². The highest BCUT2D eigenvalue weighted by Gasteiger charge is 2.20. The Labute approximate surface area is 112 Å². The Morgan fingerprint density at radius 3 is 2.72 bits per heavy atom. The minimum atomic E-state index is 0.170. The molecule has 0 amide bonds. The highest BCUT2D eigenvalue weighted by Crippen LogP contribution is 2.17. The van der Waals surface area contributed by atoms with Crippen LogP contribution in [-0.4, -0.2) is 63.5 Å². The van der Waals surface area contributed by atoms with E-state index in [1.54, 1.807) is 7.11 Å². The van der Waals surface area contributed by atoms with Gasteiger partial charge < -0.3 is 19.7 Å². The summed E-state index contributed by atoms with van der Waals surface area (Å²) in [4.78, 5) is 2.45. The Morgan fingerprint density at radius 2 is 2.17 bits per heavy atom. The first-order valence-corrected chi connectivity index (χ1v) is 7.17. The molecule has 4 nitrogen and oxygen atoms in total. The van der Waals surface area contributed by atoms with Crippen molar-refractivity contribution >= 4 is 0 Å². The van der Waals surface area contributed by atoms with Gasteiger partial charge in [-0.1, -0.05) is 13.8 Å². The molecule has 1 fully saturated rings. The minimum absolute atomic E-state index is 0.170. The Bertz CT molecular complexity index is 212. The Balaban J connectivity index is 2.15. The van der Waals surface area contributed by atoms with Crippen molar-refractivity contribution in [3.8, 4) is 0 Å². The van der Waals surface area contributed by atoms with Crippen molar-refractivity contribution in [3.05, 3.63) is 0 Å². The molecule has 0 aromatic rings. The van der Waals surface area contributed by atoms with Crippen molar-refractivity contribution in [2.45, 2.75) is 51.3 Å². The quantitative estimate of drug-likeness (QED) is 0.679. The number of nitrogens with one attached hydrogen (secondary N) is 1. The predicted molar refractivity (Wildman–Crippen MR) is 75.0 cm³/mol. The summed E-state index contributed by atoms with van der Waals surface area (Å²) in [5.41, 5.74) is 0. The predicted octanol–water partition coefficient (Wildman–Crippen LogP) is 1.50. The zero-order valence-electron chi connectivity index (χ0n) is 12.4. The van der Waals surface area contributed by atoms with Gasteiger partial charge in [-0.2, -0.15) is 0 Å². The molecule has 1 aliphatic heterocycles. The van der Waals surface area contributed by atoms with E-state index in [1.807, 2.05) is 0 Å². The van der Waals surface area contributed by atoms with Crippen LogP contribution >= 0.6 is 0 Å². The van der Waals surface area contributed by atoms with Crippen molar-refractivity contribution < 1.29 is 9.47 Å². The van der Waals surface area contributed by atoms with Gasteiger partial charge in [-0.3, -0.25) is 0 Å². The summed E-state index contributed by atoms with van der Waals surface area (Å²) in [5.74, 6) is 0. The van der Waals surface area contributed by atoms with Crippen molar-refractivity contribution in [3.63, 3.8) is 0 Å². The van der Waals surface area contributed by atoms with Gasteiger partial charge in [0.2, 0.25) is 0 Å². The van der Waals surface area contributed by atoms with Crippen LogP contribution in [0.2, 0.25) is 0 Å². The lowest BCUT2D eigenvalue weighted by Gasteiger charge is -2.22. The van der Waals surface area contributed by atoms with E-state index < -0.39 is 0 Å². The lowest BCUT2D eigenvalue weighted by molar-refractivity contribution is -0.00754. The summed E-state index contributed by atoms with van der Waals surface area (Å²) >= 11 is 0. The van der Waals surface area contributed by atoms with Crippen LogP contribution in [0.1, 0.15) is 33.1 Å². The zero-order chi connectivity index (χ0) is 13.4. The maximum atomic E-state index is 5.93. The average Bonchev–Trinajstić information content (AvgIpc) is 2.72. The SMILES string of the molecule is COCC(CNC(C)C)OCCC1CCCN1C. The number of likely N-dealkylation sites (tertiary alicyclic amines) is 1. The average molecular weight is 258 g/mol. The standard InChI is InChI=1S/C14H30N2O2/c1-12(2)15-10-14(11-17-4)18-9-7-13-6-5-8-16(13)3/h12-15H,5-11H2,1-4H3. The number of methoxy groups -OCH3 is 1. The van der Waals surface area contributed by atoms with Crippen LogP contribution in [0.3, 0.4) is 0 Å². The molecule has 1 heterocycles. The van der Waals surface area contributed by atoms with E-state index in [4.69, 9.17) is 9.47 Å². The number of hydrogen-bond acceptors (Lipinski definition) is 4. The van der Waals surface area contributed by atoms with Gasteiger partial charge in [0.15, 0.2) is 0 Å². The fraction of sp³-hybridized carbons (Fsp3) is 1.00. The molecule has 1 N–H and O–H groups in total. The Hall–Kier alpha value is -0.160. The lowest BCUT2D eigenvalue weighted by atomic mass is 10.1. The van der Waals surface area contributed by atoms with Crippen LogP contribution in [-0.2, 0) is 9.47 Å². The van der Waals surface area contributed by atoms with E-state index in [9.17, 15) is 0 Å². The third-order valence-corrected chi connectivity index (χ3v) is 3.58. The fourth-order valence-corrected chi connectivity index (χ4v) is 2.43. The molecular weight excluding hydrogens is 228 g/mol. The molecule has 0 aromatic carbocycles. The second kappa shape index (κ2) is 8.86. The topological polar surface area (TPSA) is 33.7 Å². The molecule has 0 aliphatic carbocycles. The monoisotopic (exact) mass is 258 g/mol. The van der Waals surface area contributed by atoms with Crippen molar-refractivity contribution in [2.75, 3.05) is 40.5 Å². The van der Waals surface area contributed by atoms with Gasteiger partial charge in [-0.25, -0.2) is 0 Å². The van der Waals surface area contributed by atoms with Gasteiger partial charge in [0, 0.05) is 32.3 Å². The van der Waals surface area contributed by atoms with E-state index in [-0.39, 0.29) is 6.10 Å². The third-order valence-electron chi connectivity index (χ3n) is 3.58. The molecule has 0 radical (unpaired) electrons. The van der Waals surface area contributed by atoms with Crippen LogP contribution in [0.5, 0.6) is 0 Å². The molecule has 4 heteroatoms. The van der Waals surface area contributed by atoms with E-state index >= 15 is 0 Å². The molecule has 1 saturated heterocycles. The summed E-state index contributed by atoms with van der Waals surface area (Å²) in [6.07, 6.45) is 3.96. The van der Waals surface area contributed by atoms with Crippen LogP contribution in [0.25, 0.3) is 0 Å². The molecule has 18 heavy (non-hydrogen) atoms. The van der Waals surface area contributed by atoms with Gasteiger partial charge in [0.05, 0.1) is 12.7 Å². The van der Waals surface area contributed by atoms with Gasteiger partial charge >= 0.3 is 0 Å². The van der Waals surface area contributed by atoms with Gasteiger partial charge in [-0.15, -0.1) is 0 Å². The minimum Gasteiger partial charge on any atom is -0.382 e. The molecule has 0 saturated carbocycles. The molecule has 0 bridgehead atoms. The highest BCUT2D eigenvalue weighted by atomic mass is 16.5. The molecule has 1 aliphatic rings. The molecule has 108 valence electrons. The second-order valence-electron chi connectivity index (χ2n) is 5.58. The fourth-order valence-electron chi connectivity index (χ4n) is 2.43. The normalized spacial score (nSPS) is 22.8. The summed E-state index contributed by atoms with van der Waals surface area (Å²) in [5, 5.41) is 3.40. The first-order chi connectivity index (χ1) is 8.63. The molecule has 1 rings (SSSR count). The van der Waals surface area contributed by atoms with Crippen molar-refractivity contribution in [2.24, 2.45) is 0 Å². The van der Waals surface area contributed by atoms with Crippen LogP contribution < -0.4 is 5.32 Å². The maximum absolute atomic E-state index is 5.93. The second-order valence-corrected chi connectivity index (χ2v) is 5.58. The first kappa shape index (κ1) is 15.9. The number of ether oxygens (including phenoxy) is 2. The van der Waals surface area contributed by atoms with Crippen LogP contribution in [0.4, 0.5) is 0 Å². The molecule has 2 unspecified atom stereocenters. The first-order valence-electron chi connectivity index (χ1n) is 7.17. The number of rotatable bonds is 9. The highest BCUT2D eigenvalue weighted by molar-refractivity contribution is 4.76. The van der Waals surface area contributed by atoms with Gasteiger partial charge in [0.1, 0.15) is 0 Å². The van der Waals surface area contributed by atoms with E-state index in [2.05, 4.69) is 31.1 Å². The Kier molecular flexibility index (Phi) is 7.82. The maximum Gasteiger partial charge on any atom is 0.0932 e. The smallest absolute Gasteiger partial charge is 0.0932 e. The van der Waals surface area contributed by atoms with E-state index in [0.29, 0.717) is 18.7 Å². The number of nitrogens with zero attached hydrogens (tertiary/aromatic N) is 1. The number of hydrogen-bond donors (Lipinski definition) is 1. The van der Waals surface area contributed by atoms with Crippen LogP contribution in [0.15, 0.2) is 0 Å².